The maximum atomic E-state index is 11.2. The van der Waals surface area contributed by atoms with Crippen LogP contribution in [0.4, 0.5) is 5.82 Å². The number of carboxylic acids is 1. The molecule has 1 saturated heterocycles. The second-order valence-corrected chi connectivity index (χ2v) is 5.16. The number of carboxylic acid groups (broad SMARTS) is 1. The highest BCUT2D eigenvalue weighted by Crippen LogP contribution is 2.24. The Morgan fingerprint density at radius 2 is 2.05 bits per heavy atom. The van der Waals surface area contributed by atoms with Crippen LogP contribution in [-0.2, 0) is 4.79 Å². The number of nitrogens with zero attached hydrogens (tertiary/aromatic N) is 2. The zero-order chi connectivity index (χ0) is 14.7. The predicted octanol–water partition coefficient (Wildman–Crippen LogP) is 1.54. The van der Waals surface area contributed by atoms with E-state index in [1.54, 1.807) is 0 Å². The van der Waals surface area contributed by atoms with Crippen molar-refractivity contribution in [3.63, 3.8) is 0 Å². The molecular formula is C13H16ClN3O3. The molecule has 1 aromatic rings. The minimum atomic E-state index is -1.02. The van der Waals surface area contributed by atoms with Crippen molar-refractivity contribution < 1.29 is 14.7 Å². The number of nitrogens with one attached hydrogen (secondary N) is 1. The molecule has 0 aliphatic carbocycles. The van der Waals surface area contributed by atoms with Crippen LogP contribution in [0, 0.1) is 0 Å². The molecule has 1 amide bonds. The van der Waals surface area contributed by atoms with Crippen molar-refractivity contribution in [2.75, 3.05) is 18.0 Å². The molecule has 2 N–H and O–H groups in total. The summed E-state index contributed by atoms with van der Waals surface area (Å²) in [6.07, 6.45) is 1.51. The van der Waals surface area contributed by atoms with Crippen LogP contribution >= 0.6 is 11.6 Å². The Bertz CT molecular complexity index is 528. The molecule has 0 bridgehead atoms. The van der Waals surface area contributed by atoms with Gasteiger partial charge in [0.25, 0.3) is 0 Å². The molecule has 108 valence electrons. The van der Waals surface area contributed by atoms with E-state index in [1.807, 2.05) is 4.90 Å². The minimum absolute atomic E-state index is 0.0458. The van der Waals surface area contributed by atoms with E-state index in [-0.39, 0.29) is 22.7 Å². The average Bonchev–Trinajstić information content (AvgIpc) is 2.38. The number of piperidine rings is 1. The maximum absolute atomic E-state index is 11.2. The fourth-order valence-corrected chi connectivity index (χ4v) is 2.50. The first-order chi connectivity index (χ1) is 9.47. The summed E-state index contributed by atoms with van der Waals surface area (Å²) in [4.78, 5) is 28.3. The van der Waals surface area contributed by atoms with Crippen LogP contribution in [0.2, 0.25) is 5.15 Å². The van der Waals surface area contributed by atoms with Gasteiger partial charge in [-0.15, -0.1) is 0 Å². The summed E-state index contributed by atoms with van der Waals surface area (Å²) in [6.45, 7) is 2.77. The maximum Gasteiger partial charge on any atom is 0.339 e. The van der Waals surface area contributed by atoms with Crippen LogP contribution in [0.3, 0.4) is 0 Å². The van der Waals surface area contributed by atoms with E-state index in [9.17, 15) is 14.7 Å². The monoisotopic (exact) mass is 297 g/mol. The summed E-state index contributed by atoms with van der Waals surface area (Å²) in [6, 6.07) is 3.07. The van der Waals surface area contributed by atoms with Gasteiger partial charge in [-0.3, -0.25) is 4.79 Å². The lowest BCUT2D eigenvalue weighted by atomic mass is 10.0. The van der Waals surface area contributed by atoms with Crippen molar-refractivity contribution in [2.45, 2.75) is 25.8 Å². The lowest BCUT2D eigenvalue weighted by molar-refractivity contribution is -0.119. The van der Waals surface area contributed by atoms with Crippen LogP contribution in [0.1, 0.15) is 30.1 Å². The third kappa shape index (κ3) is 3.39. The smallest absolute Gasteiger partial charge is 0.339 e. The van der Waals surface area contributed by atoms with E-state index in [0.29, 0.717) is 18.9 Å². The van der Waals surface area contributed by atoms with E-state index in [1.165, 1.54) is 19.1 Å². The first kappa shape index (κ1) is 14.6. The number of hydrogen-bond acceptors (Lipinski definition) is 4. The molecule has 0 unspecified atom stereocenters. The second-order valence-electron chi connectivity index (χ2n) is 4.77. The van der Waals surface area contributed by atoms with Crippen molar-refractivity contribution in [3.8, 4) is 0 Å². The fraction of sp³-hybridized carbons (Fsp3) is 0.462. The third-order valence-electron chi connectivity index (χ3n) is 3.27. The van der Waals surface area contributed by atoms with E-state index in [2.05, 4.69) is 10.3 Å². The Morgan fingerprint density at radius 1 is 1.40 bits per heavy atom. The predicted molar refractivity (Wildman–Crippen MR) is 75.3 cm³/mol. The fourth-order valence-electron chi connectivity index (χ4n) is 2.36. The third-order valence-corrected chi connectivity index (χ3v) is 3.48. The van der Waals surface area contributed by atoms with Gasteiger partial charge in [0.15, 0.2) is 0 Å². The zero-order valence-corrected chi connectivity index (χ0v) is 11.9. The van der Waals surface area contributed by atoms with Crippen LogP contribution in [0.25, 0.3) is 0 Å². The highest BCUT2D eigenvalue weighted by Gasteiger charge is 2.24. The summed E-state index contributed by atoms with van der Waals surface area (Å²) in [7, 11) is 0. The summed E-state index contributed by atoms with van der Waals surface area (Å²) >= 11 is 5.85. The summed E-state index contributed by atoms with van der Waals surface area (Å²) < 4.78 is 0. The van der Waals surface area contributed by atoms with Crippen molar-refractivity contribution in [2.24, 2.45) is 0 Å². The Morgan fingerprint density at radius 3 is 2.60 bits per heavy atom. The molecule has 0 radical (unpaired) electrons. The van der Waals surface area contributed by atoms with Gasteiger partial charge in [-0.1, -0.05) is 11.6 Å². The van der Waals surface area contributed by atoms with Crippen LogP contribution in [0.15, 0.2) is 12.1 Å². The van der Waals surface area contributed by atoms with Gasteiger partial charge < -0.3 is 15.3 Å². The number of aromatic nitrogens is 1. The molecule has 7 heteroatoms. The summed E-state index contributed by atoms with van der Waals surface area (Å²) in [5.74, 6) is -0.671. The first-order valence-electron chi connectivity index (χ1n) is 6.39. The van der Waals surface area contributed by atoms with Gasteiger partial charge >= 0.3 is 5.97 Å². The highest BCUT2D eigenvalue weighted by molar-refractivity contribution is 6.29. The quantitative estimate of drug-likeness (QED) is 0.827. The summed E-state index contributed by atoms with van der Waals surface area (Å²) in [5.41, 5.74) is 0.146. The molecule has 0 spiro atoms. The molecule has 2 heterocycles. The lowest BCUT2D eigenvalue weighted by Crippen LogP contribution is -2.44. The Labute approximate surface area is 121 Å². The molecule has 2 rings (SSSR count). The Hall–Kier alpha value is -1.82. The lowest BCUT2D eigenvalue weighted by Gasteiger charge is -2.33. The SMILES string of the molecule is CC(=O)NC1CCN(c2nc(Cl)ccc2C(=O)O)CC1. The van der Waals surface area contributed by atoms with Crippen LogP contribution < -0.4 is 10.2 Å². The highest BCUT2D eigenvalue weighted by atomic mass is 35.5. The molecule has 1 aliphatic heterocycles. The van der Waals surface area contributed by atoms with Gasteiger partial charge in [-0.25, -0.2) is 9.78 Å². The number of pyridine rings is 1. The van der Waals surface area contributed by atoms with E-state index >= 15 is 0 Å². The van der Waals surface area contributed by atoms with Gasteiger partial charge in [0.1, 0.15) is 16.5 Å². The van der Waals surface area contributed by atoms with Gasteiger partial charge in [0.2, 0.25) is 5.91 Å². The van der Waals surface area contributed by atoms with Crippen LogP contribution in [0.5, 0.6) is 0 Å². The van der Waals surface area contributed by atoms with Crippen LogP contribution in [-0.4, -0.2) is 41.1 Å². The van der Waals surface area contributed by atoms with Crippen molar-refractivity contribution >= 4 is 29.3 Å². The van der Waals surface area contributed by atoms with Gasteiger partial charge in [0.05, 0.1) is 0 Å². The van der Waals surface area contributed by atoms with Gasteiger partial charge in [0, 0.05) is 26.1 Å². The van der Waals surface area contributed by atoms with Crippen molar-refractivity contribution in [1.29, 1.82) is 0 Å². The average molecular weight is 298 g/mol. The second kappa shape index (κ2) is 6.09. The number of hydrogen-bond donors (Lipinski definition) is 2. The largest absolute Gasteiger partial charge is 0.478 e. The number of aromatic carboxylic acids is 1. The summed E-state index contributed by atoms with van der Waals surface area (Å²) in [5, 5.41) is 12.3. The molecule has 0 atom stereocenters. The first-order valence-corrected chi connectivity index (χ1v) is 6.77. The number of rotatable bonds is 3. The topological polar surface area (TPSA) is 82.5 Å². The number of carbonyl (C=O) groups excluding carboxylic acids is 1. The van der Waals surface area contributed by atoms with E-state index in [4.69, 9.17) is 11.6 Å². The van der Waals surface area contributed by atoms with Gasteiger partial charge in [-0.2, -0.15) is 0 Å². The van der Waals surface area contributed by atoms with Gasteiger partial charge in [-0.05, 0) is 25.0 Å². The molecular weight excluding hydrogens is 282 g/mol. The number of anilines is 1. The van der Waals surface area contributed by atoms with E-state index < -0.39 is 5.97 Å². The van der Waals surface area contributed by atoms with Crippen molar-refractivity contribution in [3.05, 3.63) is 22.8 Å². The molecule has 0 aromatic carbocycles. The normalized spacial score (nSPS) is 16.0. The molecule has 6 nitrogen and oxygen atoms in total. The minimum Gasteiger partial charge on any atom is -0.478 e. The number of carbonyl (C=O) groups is 2. The molecule has 1 fully saturated rings. The standard InChI is InChI=1S/C13H16ClN3O3/c1-8(18)15-9-4-6-17(7-5-9)12-10(13(19)20)2-3-11(14)16-12/h2-3,9H,4-7H2,1H3,(H,15,18)(H,19,20). The van der Waals surface area contributed by atoms with E-state index in [0.717, 1.165) is 12.8 Å². The Balaban J connectivity index is 2.12. The number of halogens is 1. The Kier molecular flexibility index (Phi) is 4.44. The molecule has 1 aliphatic rings. The molecule has 1 aromatic heterocycles. The molecule has 20 heavy (non-hydrogen) atoms. The van der Waals surface area contributed by atoms with Crippen molar-refractivity contribution in [1.82, 2.24) is 10.3 Å². The molecule has 0 saturated carbocycles. The zero-order valence-electron chi connectivity index (χ0n) is 11.1. The number of amides is 1.